The maximum absolute atomic E-state index is 14.6. The zero-order valence-electron chi connectivity index (χ0n) is 16.9. The number of halogens is 3. The predicted octanol–water partition coefficient (Wildman–Crippen LogP) is 3.62. The van der Waals surface area contributed by atoms with E-state index in [0.29, 0.717) is 19.4 Å². The first kappa shape index (κ1) is 25.1. The Labute approximate surface area is 171 Å². The molecular formula is C19H24F3N3O5. The van der Waals surface area contributed by atoms with Crippen LogP contribution in [0.5, 0.6) is 0 Å². The Bertz CT molecular complexity index is 843. The van der Waals surface area contributed by atoms with Gasteiger partial charge >= 0.3 is 11.7 Å². The SMILES string of the molecule is CCCCNNC=C(C(=O)OCCCC)C(=O)c1c(F)c(C)c(F)c(F)c1[N+](=O)[O-]. The highest BCUT2D eigenvalue weighted by Crippen LogP contribution is 2.32. The monoisotopic (exact) mass is 431 g/mol. The lowest BCUT2D eigenvalue weighted by atomic mass is 9.98. The molecule has 11 heteroatoms. The number of ketones is 1. The van der Waals surface area contributed by atoms with Gasteiger partial charge in [0, 0.05) is 18.3 Å². The molecule has 0 heterocycles. The van der Waals surface area contributed by atoms with Crippen LogP contribution in [0.15, 0.2) is 11.8 Å². The van der Waals surface area contributed by atoms with Crippen molar-refractivity contribution in [2.24, 2.45) is 0 Å². The number of hydrogen-bond donors (Lipinski definition) is 2. The highest BCUT2D eigenvalue weighted by atomic mass is 19.2. The number of nitrogens with zero attached hydrogens (tertiary/aromatic N) is 1. The van der Waals surface area contributed by atoms with Gasteiger partial charge in [0.15, 0.2) is 5.82 Å². The van der Waals surface area contributed by atoms with Crippen LogP contribution in [0.1, 0.15) is 55.5 Å². The largest absolute Gasteiger partial charge is 0.462 e. The number of hydrazine groups is 1. The molecule has 0 saturated carbocycles. The Kier molecular flexibility index (Phi) is 9.96. The fourth-order valence-corrected chi connectivity index (χ4v) is 2.34. The minimum atomic E-state index is -1.99. The van der Waals surface area contributed by atoms with Crippen LogP contribution in [0.25, 0.3) is 0 Å². The summed E-state index contributed by atoms with van der Waals surface area (Å²) in [6.45, 7) is 4.99. The number of rotatable bonds is 12. The smallest absolute Gasteiger partial charge is 0.343 e. The number of nitro groups is 1. The third-order valence-electron chi connectivity index (χ3n) is 4.09. The lowest BCUT2D eigenvalue weighted by Crippen LogP contribution is -2.30. The molecule has 0 saturated heterocycles. The minimum Gasteiger partial charge on any atom is -0.462 e. The number of nitro benzene ring substituents is 1. The molecule has 1 aromatic rings. The van der Waals surface area contributed by atoms with Crippen LogP contribution in [0, 0.1) is 34.5 Å². The quantitative estimate of drug-likeness (QED) is 0.0598. The van der Waals surface area contributed by atoms with Crippen LogP contribution >= 0.6 is 0 Å². The van der Waals surface area contributed by atoms with Crippen LogP contribution in [0.4, 0.5) is 18.9 Å². The van der Waals surface area contributed by atoms with E-state index in [9.17, 15) is 32.9 Å². The summed E-state index contributed by atoms with van der Waals surface area (Å²) in [7, 11) is 0. The van der Waals surface area contributed by atoms with Crippen LogP contribution in [-0.2, 0) is 9.53 Å². The highest BCUT2D eigenvalue weighted by molar-refractivity contribution is 6.25. The summed E-state index contributed by atoms with van der Waals surface area (Å²) < 4.78 is 47.4. The van der Waals surface area contributed by atoms with E-state index in [0.717, 1.165) is 26.0 Å². The zero-order valence-corrected chi connectivity index (χ0v) is 16.9. The van der Waals surface area contributed by atoms with Crippen molar-refractivity contribution in [1.82, 2.24) is 10.9 Å². The van der Waals surface area contributed by atoms with Crippen molar-refractivity contribution in [2.45, 2.75) is 46.5 Å². The maximum atomic E-state index is 14.6. The van der Waals surface area contributed by atoms with E-state index in [-0.39, 0.29) is 6.61 Å². The lowest BCUT2D eigenvalue weighted by Gasteiger charge is -2.12. The molecule has 8 nitrogen and oxygen atoms in total. The summed E-state index contributed by atoms with van der Waals surface area (Å²) in [5, 5.41) is 11.2. The molecule has 0 bridgehead atoms. The first-order valence-electron chi connectivity index (χ1n) is 9.40. The van der Waals surface area contributed by atoms with Gasteiger partial charge in [0.05, 0.1) is 11.5 Å². The van der Waals surface area contributed by atoms with E-state index in [1.165, 1.54) is 0 Å². The summed E-state index contributed by atoms with van der Waals surface area (Å²) in [4.78, 5) is 35.0. The average molecular weight is 431 g/mol. The molecule has 0 radical (unpaired) electrons. The number of unbranched alkanes of at least 4 members (excludes halogenated alkanes) is 2. The van der Waals surface area contributed by atoms with Gasteiger partial charge in [0.25, 0.3) is 0 Å². The molecular weight excluding hydrogens is 407 g/mol. The van der Waals surface area contributed by atoms with Crippen LogP contribution in [-0.4, -0.2) is 29.8 Å². The molecule has 1 rings (SSSR count). The van der Waals surface area contributed by atoms with Gasteiger partial charge in [-0.05, 0) is 19.8 Å². The predicted molar refractivity (Wildman–Crippen MR) is 102 cm³/mol. The summed E-state index contributed by atoms with van der Waals surface area (Å²) in [5.41, 5.74) is 0.369. The zero-order chi connectivity index (χ0) is 22.8. The standard InChI is InChI=1S/C19H24F3N3O5/c1-4-6-8-23-24-10-12(19(27)30-9-7-5-2)18(26)13-14(20)11(3)15(21)16(22)17(13)25(28)29/h10,23-24H,4-9H2,1-3H3. The third kappa shape index (κ3) is 6.02. The van der Waals surface area contributed by atoms with Gasteiger partial charge in [0.2, 0.25) is 11.6 Å². The first-order valence-corrected chi connectivity index (χ1v) is 9.40. The normalized spacial score (nSPS) is 11.3. The number of ether oxygens (including phenoxy) is 1. The molecule has 0 atom stereocenters. The van der Waals surface area contributed by atoms with Gasteiger partial charge in [-0.3, -0.25) is 14.9 Å². The summed E-state index contributed by atoms with van der Waals surface area (Å²) in [5.74, 6) is -8.10. The number of benzene rings is 1. The third-order valence-corrected chi connectivity index (χ3v) is 4.09. The van der Waals surface area contributed by atoms with E-state index in [1.54, 1.807) is 0 Å². The van der Waals surface area contributed by atoms with Crippen LogP contribution in [0.3, 0.4) is 0 Å². The molecule has 0 unspecified atom stereocenters. The van der Waals surface area contributed by atoms with E-state index in [2.05, 4.69) is 10.9 Å². The van der Waals surface area contributed by atoms with Crippen molar-refractivity contribution in [1.29, 1.82) is 0 Å². The fourth-order valence-electron chi connectivity index (χ4n) is 2.34. The lowest BCUT2D eigenvalue weighted by molar-refractivity contribution is -0.388. The molecule has 166 valence electrons. The van der Waals surface area contributed by atoms with Gasteiger partial charge in [-0.25, -0.2) is 19.0 Å². The Balaban J connectivity index is 3.43. The molecule has 0 aliphatic carbocycles. The first-order chi connectivity index (χ1) is 14.2. The molecule has 2 N–H and O–H groups in total. The second-order valence-electron chi connectivity index (χ2n) is 6.35. The Morgan fingerprint density at radius 3 is 2.30 bits per heavy atom. The summed E-state index contributed by atoms with van der Waals surface area (Å²) in [6.07, 6.45) is 3.63. The summed E-state index contributed by atoms with van der Waals surface area (Å²) in [6, 6.07) is 0. The molecule has 0 aromatic heterocycles. The van der Waals surface area contributed by atoms with E-state index >= 15 is 0 Å². The molecule has 0 fully saturated rings. The van der Waals surface area contributed by atoms with E-state index in [1.807, 2.05) is 13.8 Å². The van der Waals surface area contributed by atoms with E-state index < -0.39 is 56.5 Å². The molecule has 0 aliphatic rings. The second kappa shape index (κ2) is 11.9. The average Bonchev–Trinajstić information content (AvgIpc) is 2.70. The molecule has 0 amide bonds. The highest BCUT2D eigenvalue weighted by Gasteiger charge is 2.37. The van der Waals surface area contributed by atoms with Crippen molar-refractivity contribution >= 4 is 17.4 Å². The number of carbonyl (C=O) groups is 2. The van der Waals surface area contributed by atoms with Gasteiger partial charge in [-0.15, -0.1) is 0 Å². The molecule has 30 heavy (non-hydrogen) atoms. The van der Waals surface area contributed by atoms with Crippen molar-refractivity contribution in [2.75, 3.05) is 13.2 Å². The van der Waals surface area contributed by atoms with E-state index in [4.69, 9.17) is 4.74 Å². The van der Waals surface area contributed by atoms with Crippen molar-refractivity contribution < 1.29 is 32.4 Å². The number of esters is 1. The summed E-state index contributed by atoms with van der Waals surface area (Å²) >= 11 is 0. The van der Waals surface area contributed by atoms with Crippen LogP contribution in [0.2, 0.25) is 0 Å². The van der Waals surface area contributed by atoms with Gasteiger partial charge < -0.3 is 10.2 Å². The maximum Gasteiger partial charge on any atom is 0.343 e. The van der Waals surface area contributed by atoms with Crippen molar-refractivity contribution in [3.8, 4) is 0 Å². The fraction of sp³-hybridized carbons (Fsp3) is 0.474. The van der Waals surface area contributed by atoms with Crippen molar-refractivity contribution in [3.63, 3.8) is 0 Å². The molecule has 0 spiro atoms. The molecule has 1 aromatic carbocycles. The second-order valence-corrected chi connectivity index (χ2v) is 6.35. The van der Waals surface area contributed by atoms with Crippen molar-refractivity contribution in [3.05, 3.63) is 50.5 Å². The van der Waals surface area contributed by atoms with Gasteiger partial charge in [-0.2, -0.15) is 4.39 Å². The number of Topliss-reactive ketones (excluding diaryl/α,β-unsaturated/α-hetero) is 1. The van der Waals surface area contributed by atoms with Gasteiger partial charge in [-0.1, -0.05) is 26.7 Å². The Hall–Kier alpha value is -2.95. The number of carbonyl (C=O) groups excluding carboxylic acids is 2. The minimum absolute atomic E-state index is 0.0510. The van der Waals surface area contributed by atoms with Gasteiger partial charge in [0.1, 0.15) is 17.0 Å². The molecule has 0 aliphatic heterocycles. The topological polar surface area (TPSA) is 111 Å². The number of hydrogen-bond acceptors (Lipinski definition) is 7. The Morgan fingerprint density at radius 1 is 1.10 bits per heavy atom. The number of nitrogens with one attached hydrogen (secondary N) is 2. The Morgan fingerprint density at radius 2 is 1.73 bits per heavy atom. The van der Waals surface area contributed by atoms with Crippen LogP contribution < -0.4 is 10.9 Å².